The van der Waals surface area contributed by atoms with Gasteiger partial charge in [-0.15, -0.1) is 0 Å². The second kappa shape index (κ2) is 5.05. The van der Waals surface area contributed by atoms with Gasteiger partial charge in [0.25, 0.3) is 0 Å². The average Bonchev–Trinajstić information content (AvgIpc) is 2.80. The zero-order chi connectivity index (χ0) is 14.4. The van der Waals surface area contributed by atoms with E-state index in [2.05, 4.69) is 62.4 Å². The molecular weight excluding hydrogens is 251 g/mol. The van der Waals surface area contributed by atoms with E-state index in [0.717, 1.165) is 17.7 Å². The first kappa shape index (κ1) is 13.2. The third-order valence-electron chi connectivity index (χ3n) is 5.73. The van der Waals surface area contributed by atoms with Crippen molar-refractivity contribution < 1.29 is 0 Å². The molecular formula is C20H23B. The molecule has 0 nitrogen and oxygen atoms in total. The minimum absolute atomic E-state index is 0.619. The van der Waals surface area contributed by atoms with Crippen LogP contribution in [-0.2, 0) is 0 Å². The fraction of sp³-hybridized carbons (Fsp3) is 0.400. The molecule has 1 fully saturated rings. The van der Waals surface area contributed by atoms with Gasteiger partial charge in [-0.05, 0) is 31.0 Å². The highest BCUT2D eigenvalue weighted by molar-refractivity contribution is 6.87. The molecule has 2 aliphatic rings. The first-order valence-corrected chi connectivity index (χ1v) is 8.39. The molecule has 0 spiro atoms. The average molecular weight is 274 g/mol. The Kier molecular flexibility index (Phi) is 3.17. The van der Waals surface area contributed by atoms with E-state index >= 15 is 0 Å². The van der Waals surface area contributed by atoms with Crippen molar-refractivity contribution in [3.8, 4) is 0 Å². The largest absolute Gasteiger partial charge is 0.213 e. The summed E-state index contributed by atoms with van der Waals surface area (Å²) in [6, 6.07) is 18.4. The van der Waals surface area contributed by atoms with Gasteiger partial charge >= 0.3 is 0 Å². The Morgan fingerprint density at radius 1 is 1.00 bits per heavy atom. The lowest BCUT2D eigenvalue weighted by atomic mass is 9.34. The van der Waals surface area contributed by atoms with Crippen LogP contribution in [0.4, 0.5) is 0 Å². The number of benzene rings is 2. The molecule has 21 heavy (non-hydrogen) atoms. The van der Waals surface area contributed by atoms with Crippen LogP contribution in [-0.4, -0.2) is 6.71 Å². The van der Waals surface area contributed by atoms with Crippen LogP contribution < -0.4 is 10.9 Å². The molecule has 1 aliphatic heterocycles. The molecule has 3 atom stereocenters. The number of hydrogen-bond acceptors (Lipinski definition) is 0. The summed E-state index contributed by atoms with van der Waals surface area (Å²) in [6.45, 7) is 5.29. The zero-order valence-corrected chi connectivity index (χ0v) is 13.0. The Labute approximate surface area is 128 Å². The van der Waals surface area contributed by atoms with Crippen LogP contribution >= 0.6 is 0 Å². The second-order valence-corrected chi connectivity index (χ2v) is 7.21. The Morgan fingerprint density at radius 3 is 2.62 bits per heavy atom. The number of fused-ring (bicyclic) bond motifs is 3. The molecule has 106 valence electrons. The number of hydrogen-bond donors (Lipinski definition) is 0. The lowest BCUT2D eigenvalue weighted by Crippen LogP contribution is -2.43. The topological polar surface area (TPSA) is 0 Å². The van der Waals surface area contributed by atoms with Gasteiger partial charge in [0.05, 0.1) is 0 Å². The van der Waals surface area contributed by atoms with E-state index in [9.17, 15) is 0 Å². The maximum atomic E-state index is 2.45. The predicted molar refractivity (Wildman–Crippen MR) is 92.1 cm³/mol. The van der Waals surface area contributed by atoms with Crippen molar-refractivity contribution in [2.45, 2.75) is 44.8 Å². The molecule has 1 aliphatic carbocycles. The summed E-state index contributed by atoms with van der Waals surface area (Å²) in [5.74, 6) is 2.49. The molecule has 4 rings (SSSR count). The fourth-order valence-electron chi connectivity index (χ4n) is 4.80. The predicted octanol–water partition coefficient (Wildman–Crippen LogP) is 3.89. The van der Waals surface area contributed by atoms with E-state index in [1.165, 1.54) is 30.3 Å². The van der Waals surface area contributed by atoms with E-state index in [0.29, 0.717) is 6.71 Å². The van der Waals surface area contributed by atoms with Crippen LogP contribution in [0, 0.1) is 12.8 Å². The fourth-order valence-corrected chi connectivity index (χ4v) is 4.80. The monoisotopic (exact) mass is 274 g/mol. The third-order valence-corrected chi connectivity index (χ3v) is 5.73. The van der Waals surface area contributed by atoms with Crippen LogP contribution in [0.3, 0.4) is 0 Å². The Bertz CT molecular complexity index is 646. The zero-order valence-electron chi connectivity index (χ0n) is 13.0. The van der Waals surface area contributed by atoms with E-state index in [-0.39, 0.29) is 0 Å². The van der Waals surface area contributed by atoms with Gasteiger partial charge in [-0.3, -0.25) is 0 Å². The van der Waals surface area contributed by atoms with Gasteiger partial charge in [-0.2, -0.15) is 0 Å². The van der Waals surface area contributed by atoms with Crippen molar-refractivity contribution in [2.75, 3.05) is 0 Å². The molecule has 0 radical (unpaired) electrons. The Hall–Kier alpha value is -1.50. The van der Waals surface area contributed by atoms with Crippen LogP contribution in [0.15, 0.2) is 48.5 Å². The minimum atomic E-state index is 0.619. The van der Waals surface area contributed by atoms with Crippen LogP contribution in [0.25, 0.3) is 0 Å². The summed E-state index contributed by atoms with van der Waals surface area (Å²) in [4.78, 5) is 0. The SMILES string of the molecule is Cc1ccc2c(c1)B(c1ccccc1)C1CC(C)CCC21. The van der Waals surface area contributed by atoms with Gasteiger partial charge in [0, 0.05) is 0 Å². The minimum Gasteiger partial charge on any atom is -0.0738 e. The summed E-state index contributed by atoms with van der Waals surface area (Å²) in [7, 11) is 0. The van der Waals surface area contributed by atoms with Crippen molar-refractivity contribution in [2.24, 2.45) is 5.92 Å². The van der Waals surface area contributed by atoms with Crippen LogP contribution in [0.2, 0.25) is 5.82 Å². The maximum Gasteiger partial charge on any atom is 0.213 e. The summed E-state index contributed by atoms with van der Waals surface area (Å²) >= 11 is 0. The van der Waals surface area contributed by atoms with Crippen molar-refractivity contribution >= 4 is 17.6 Å². The van der Waals surface area contributed by atoms with Crippen molar-refractivity contribution in [3.63, 3.8) is 0 Å². The quantitative estimate of drug-likeness (QED) is 0.692. The molecule has 0 aromatic heterocycles. The lowest BCUT2D eigenvalue weighted by molar-refractivity contribution is 0.351. The van der Waals surface area contributed by atoms with Gasteiger partial charge in [0.15, 0.2) is 0 Å². The molecule has 1 saturated carbocycles. The Balaban J connectivity index is 1.85. The molecule has 2 aromatic rings. The molecule has 1 heterocycles. The van der Waals surface area contributed by atoms with E-state index in [1.807, 2.05) is 0 Å². The van der Waals surface area contributed by atoms with Gasteiger partial charge in [0.2, 0.25) is 6.71 Å². The number of aryl methyl sites for hydroxylation is 1. The highest BCUT2D eigenvalue weighted by Gasteiger charge is 2.45. The van der Waals surface area contributed by atoms with Crippen molar-refractivity contribution in [1.82, 2.24) is 0 Å². The standard InChI is InChI=1S/C20H23B/c1-14-8-10-17-18-11-9-15(2)13-20(18)21(19(17)12-14)16-6-4-3-5-7-16/h3-8,10,12,15,18,20H,9,11,13H2,1-2H3. The highest BCUT2D eigenvalue weighted by atomic mass is 14.4. The second-order valence-electron chi connectivity index (χ2n) is 7.21. The summed E-state index contributed by atoms with van der Waals surface area (Å²) < 4.78 is 0. The number of rotatable bonds is 1. The summed E-state index contributed by atoms with van der Waals surface area (Å²) in [5, 5.41) is 0. The first-order chi connectivity index (χ1) is 10.2. The van der Waals surface area contributed by atoms with Crippen LogP contribution in [0.5, 0.6) is 0 Å². The third kappa shape index (κ3) is 2.14. The van der Waals surface area contributed by atoms with Gasteiger partial charge < -0.3 is 0 Å². The lowest BCUT2D eigenvalue weighted by Gasteiger charge is -2.33. The van der Waals surface area contributed by atoms with E-state index in [1.54, 1.807) is 11.0 Å². The molecule has 3 unspecified atom stereocenters. The summed E-state index contributed by atoms with van der Waals surface area (Å²) in [6.07, 6.45) is 4.17. The Morgan fingerprint density at radius 2 is 1.81 bits per heavy atom. The van der Waals surface area contributed by atoms with Crippen LogP contribution in [0.1, 0.15) is 43.2 Å². The molecule has 1 heteroatoms. The molecule has 0 amide bonds. The van der Waals surface area contributed by atoms with Crippen molar-refractivity contribution in [1.29, 1.82) is 0 Å². The molecule has 0 N–H and O–H groups in total. The van der Waals surface area contributed by atoms with E-state index < -0.39 is 0 Å². The molecule has 0 saturated heterocycles. The highest BCUT2D eigenvalue weighted by Crippen LogP contribution is 2.49. The van der Waals surface area contributed by atoms with Crippen molar-refractivity contribution in [3.05, 3.63) is 59.7 Å². The van der Waals surface area contributed by atoms with E-state index in [4.69, 9.17) is 0 Å². The maximum absolute atomic E-state index is 2.45. The molecule has 2 aromatic carbocycles. The summed E-state index contributed by atoms with van der Waals surface area (Å²) in [5.41, 5.74) is 6.18. The molecule has 0 bridgehead atoms. The normalized spacial score (nSPS) is 27.3. The first-order valence-electron chi connectivity index (χ1n) is 8.39. The smallest absolute Gasteiger partial charge is 0.0738 e. The van der Waals surface area contributed by atoms with Gasteiger partial charge in [0.1, 0.15) is 0 Å². The van der Waals surface area contributed by atoms with Gasteiger partial charge in [-0.1, -0.05) is 90.3 Å². The van der Waals surface area contributed by atoms with Gasteiger partial charge in [-0.25, -0.2) is 0 Å².